The maximum Gasteiger partial charge on any atom is 0.118 e. The largest absolute Gasteiger partial charge is 0.497 e. The highest BCUT2D eigenvalue weighted by Gasteiger charge is 2.28. The minimum absolute atomic E-state index is 0.792. The van der Waals surface area contributed by atoms with Crippen LogP contribution >= 0.6 is 0 Å². The SMILES string of the molecule is COc1ccc([C@H]2CC[C@H](C3CCCCC3)CC2)cc1. The first-order chi connectivity index (χ1) is 9.86. The number of ether oxygens (including phenoxy) is 1. The number of benzene rings is 1. The summed E-state index contributed by atoms with van der Waals surface area (Å²) in [5.41, 5.74) is 1.52. The summed E-state index contributed by atoms with van der Waals surface area (Å²) in [6.45, 7) is 0. The van der Waals surface area contributed by atoms with Gasteiger partial charge < -0.3 is 4.74 Å². The van der Waals surface area contributed by atoms with Gasteiger partial charge in [-0.05, 0) is 61.1 Å². The lowest BCUT2D eigenvalue weighted by atomic mass is 9.70. The van der Waals surface area contributed by atoms with Crippen molar-refractivity contribution in [1.29, 1.82) is 0 Å². The molecular weight excluding hydrogens is 244 g/mol. The minimum atomic E-state index is 0.792. The predicted octanol–water partition coefficient (Wildman–Crippen LogP) is 5.55. The number of rotatable bonds is 3. The quantitative estimate of drug-likeness (QED) is 0.701. The van der Waals surface area contributed by atoms with E-state index in [9.17, 15) is 0 Å². The summed E-state index contributed by atoms with van der Waals surface area (Å²) in [6, 6.07) is 8.76. The zero-order valence-electron chi connectivity index (χ0n) is 12.8. The van der Waals surface area contributed by atoms with Crippen molar-refractivity contribution in [3.8, 4) is 5.75 Å². The van der Waals surface area contributed by atoms with E-state index in [4.69, 9.17) is 4.74 Å². The zero-order valence-corrected chi connectivity index (χ0v) is 12.8. The lowest BCUT2D eigenvalue weighted by molar-refractivity contribution is 0.186. The average Bonchev–Trinajstić information content (AvgIpc) is 2.56. The fourth-order valence-corrected chi connectivity index (χ4v) is 4.41. The van der Waals surface area contributed by atoms with Gasteiger partial charge in [0.25, 0.3) is 0 Å². The Morgan fingerprint density at radius 3 is 1.95 bits per heavy atom. The third kappa shape index (κ3) is 3.19. The van der Waals surface area contributed by atoms with Gasteiger partial charge in [0.2, 0.25) is 0 Å². The Morgan fingerprint density at radius 1 is 0.750 bits per heavy atom. The zero-order chi connectivity index (χ0) is 13.8. The van der Waals surface area contributed by atoms with E-state index in [0.29, 0.717) is 0 Å². The molecule has 2 fully saturated rings. The highest BCUT2D eigenvalue weighted by atomic mass is 16.5. The van der Waals surface area contributed by atoms with Crippen molar-refractivity contribution in [3.63, 3.8) is 0 Å². The Kier molecular flexibility index (Phi) is 4.65. The van der Waals surface area contributed by atoms with Gasteiger partial charge in [0.15, 0.2) is 0 Å². The number of hydrogen-bond acceptors (Lipinski definition) is 1. The van der Waals surface area contributed by atoms with Gasteiger partial charge in [0.1, 0.15) is 5.75 Å². The molecule has 0 radical (unpaired) electrons. The van der Waals surface area contributed by atoms with Crippen LogP contribution in [0.25, 0.3) is 0 Å². The van der Waals surface area contributed by atoms with Crippen LogP contribution < -0.4 is 4.74 Å². The van der Waals surface area contributed by atoms with E-state index in [1.807, 2.05) is 0 Å². The molecule has 0 atom stereocenters. The molecule has 2 saturated carbocycles. The fourth-order valence-electron chi connectivity index (χ4n) is 4.41. The van der Waals surface area contributed by atoms with E-state index in [1.54, 1.807) is 7.11 Å². The van der Waals surface area contributed by atoms with Gasteiger partial charge >= 0.3 is 0 Å². The van der Waals surface area contributed by atoms with Crippen molar-refractivity contribution in [1.82, 2.24) is 0 Å². The van der Waals surface area contributed by atoms with E-state index < -0.39 is 0 Å². The van der Waals surface area contributed by atoms with E-state index in [1.165, 1.54) is 63.4 Å². The number of methoxy groups -OCH3 is 1. The second-order valence-corrected chi connectivity index (χ2v) is 6.78. The van der Waals surface area contributed by atoms with Gasteiger partial charge in [-0.2, -0.15) is 0 Å². The van der Waals surface area contributed by atoms with Crippen molar-refractivity contribution in [2.75, 3.05) is 7.11 Å². The highest BCUT2D eigenvalue weighted by molar-refractivity contribution is 5.29. The topological polar surface area (TPSA) is 9.23 Å². The van der Waals surface area contributed by atoms with E-state index in [2.05, 4.69) is 24.3 Å². The molecule has 0 spiro atoms. The van der Waals surface area contributed by atoms with Crippen LogP contribution in [0.5, 0.6) is 5.75 Å². The lowest BCUT2D eigenvalue weighted by Gasteiger charge is -2.36. The molecular formula is C19H28O. The van der Waals surface area contributed by atoms with E-state index in [0.717, 1.165) is 23.5 Å². The van der Waals surface area contributed by atoms with Gasteiger partial charge in [-0.1, -0.05) is 44.2 Å². The average molecular weight is 272 g/mol. The van der Waals surface area contributed by atoms with Gasteiger partial charge in [0, 0.05) is 0 Å². The maximum absolute atomic E-state index is 5.25. The summed E-state index contributed by atoms with van der Waals surface area (Å²) in [5, 5.41) is 0. The first kappa shape index (κ1) is 14.0. The van der Waals surface area contributed by atoms with Crippen LogP contribution in [0.15, 0.2) is 24.3 Å². The lowest BCUT2D eigenvalue weighted by Crippen LogP contribution is -2.23. The first-order valence-electron chi connectivity index (χ1n) is 8.51. The molecule has 1 nitrogen and oxygen atoms in total. The molecule has 20 heavy (non-hydrogen) atoms. The van der Waals surface area contributed by atoms with Crippen LogP contribution in [0.4, 0.5) is 0 Å². The van der Waals surface area contributed by atoms with Crippen LogP contribution in [0.1, 0.15) is 69.3 Å². The Morgan fingerprint density at radius 2 is 1.35 bits per heavy atom. The predicted molar refractivity (Wildman–Crippen MR) is 84.3 cm³/mol. The van der Waals surface area contributed by atoms with Gasteiger partial charge in [0.05, 0.1) is 7.11 Å². The maximum atomic E-state index is 5.25. The van der Waals surface area contributed by atoms with Gasteiger partial charge in [-0.25, -0.2) is 0 Å². The fraction of sp³-hybridized carbons (Fsp3) is 0.684. The minimum Gasteiger partial charge on any atom is -0.497 e. The van der Waals surface area contributed by atoms with Crippen LogP contribution in [-0.2, 0) is 0 Å². The van der Waals surface area contributed by atoms with E-state index >= 15 is 0 Å². The summed E-state index contributed by atoms with van der Waals surface area (Å²) in [6.07, 6.45) is 13.2. The molecule has 1 aromatic rings. The summed E-state index contributed by atoms with van der Waals surface area (Å²) in [7, 11) is 1.74. The van der Waals surface area contributed by atoms with Gasteiger partial charge in [-0.3, -0.25) is 0 Å². The molecule has 0 unspecified atom stereocenters. The summed E-state index contributed by atoms with van der Waals surface area (Å²) in [4.78, 5) is 0. The molecule has 0 aromatic heterocycles. The second-order valence-electron chi connectivity index (χ2n) is 6.78. The molecule has 3 rings (SSSR count). The summed E-state index contributed by atoms with van der Waals surface area (Å²) < 4.78 is 5.25. The summed E-state index contributed by atoms with van der Waals surface area (Å²) in [5.74, 6) is 3.86. The van der Waals surface area contributed by atoms with Crippen molar-refractivity contribution in [2.45, 2.75) is 63.7 Å². The van der Waals surface area contributed by atoms with Crippen molar-refractivity contribution in [2.24, 2.45) is 11.8 Å². The molecule has 2 aliphatic carbocycles. The third-order valence-corrected chi connectivity index (χ3v) is 5.68. The second kappa shape index (κ2) is 6.65. The van der Waals surface area contributed by atoms with Crippen molar-refractivity contribution in [3.05, 3.63) is 29.8 Å². The molecule has 1 heteroatoms. The molecule has 0 bridgehead atoms. The van der Waals surface area contributed by atoms with Gasteiger partial charge in [-0.15, -0.1) is 0 Å². The molecule has 0 saturated heterocycles. The van der Waals surface area contributed by atoms with Crippen LogP contribution in [-0.4, -0.2) is 7.11 Å². The van der Waals surface area contributed by atoms with Crippen LogP contribution in [0.2, 0.25) is 0 Å². The molecule has 0 amide bonds. The molecule has 2 aliphatic rings. The Bertz CT molecular complexity index is 394. The normalized spacial score (nSPS) is 28.2. The number of hydrogen-bond donors (Lipinski definition) is 0. The smallest absolute Gasteiger partial charge is 0.118 e. The van der Waals surface area contributed by atoms with Crippen molar-refractivity contribution < 1.29 is 4.74 Å². The standard InChI is InChI=1S/C19H28O/c1-20-19-13-11-18(12-14-19)17-9-7-16(8-10-17)15-5-3-2-4-6-15/h11-17H,2-10H2,1H3/t16-,17-. The Hall–Kier alpha value is -0.980. The molecule has 0 heterocycles. The highest BCUT2D eigenvalue weighted by Crippen LogP contribution is 2.43. The molecule has 1 aromatic carbocycles. The van der Waals surface area contributed by atoms with Crippen LogP contribution in [0, 0.1) is 11.8 Å². The van der Waals surface area contributed by atoms with E-state index in [-0.39, 0.29) is 0 Å². The Balaban J connectivity index is 1.54. The molecule has 0 N–H and O–H groups in total. The summed E-state index contributed by atoms with van der Waals surface area (Å²) >= 11 is 0. The third-order valence-electron chi connectivity index (χ3n) is 5.68. The monoisotopic (exact) mass is 272 g/mol. The molecule has 0 aliphatic heterocycles. The molecule has 110 valence electrons. The van der Waals surface area contributed by atoms with Crippen LogP contribution in [0.3, 0.4) is 0 Å². The van der Waals surface area contributed by atoms with Crippen molar-refractivity contribution >= 4 is 0 Å². The Labute approximate surface area is 123 Å². The first-order valence-corrected chi connectivity index (χ1v) is 8.51.